The molecule has 0 aliphatic rings. The van der Waals surface area contributed by atoms with E-state index in [2.05, 4.69) is 0 Å². The van der Waals surface area contributed by atoms with Crippen LogP contribution >= 0.6 is 0 Å². The average Bonchev–Trinajstić information content (AvgIpc) is 2.70. The lowest BCUT2D eigenvalue weighted by Gasteiger charge is -2.20. The van der Waals surface area contributed by atoms with Crippen molar-refractivity contribution in [2.45, 2.75) is 13.2 Å². The Balaban J connectivity index is 2.23. The zero-order valence-electron chi connectivity index (χ0n) is 15.9. The number of phenolic OH excluding ortho intramolecular Hbond substituents is 2. The first-order valence-electron chi connectivity index (χ1n) is 9.11. The molecule has 0 aromatic heterocycles. The molecule has 28 heavy (non-hydrogen) atoms. The SMILES string of the molecule is COCc1c(O)cc2ccccc2c1-c1c(COC)c(O)cc2ccccc12. The minimum Gasteiger partial charge on any atom is -0.508 e. The van der Waals surface area contributed by atoms with E-state index in [9.17, 15) is 10.2 Å². The second-order valence-corrected chi connectivity index (χ2v) is 6.81. The van der Waals surface area contributed by atoms with Gasteiger partial charge in [0.15, 0.2) is 0 Å². The first-order valence-corrected chi connectivity index (χ1v) is 9.11. The van der Waals surface area contributed by atoms with Gasteiger partial charge in [0.05, 0.1) is 13.2 Å². The average molecular weight is 374 g/mol. The third-order valence-corrected chi connectivity index (χ3v) is 5.09. The molecular weight excluding hydrogens is 352 g/mol. The Labute approximate surface area is 163 Å². The number of rotatable bonds is 5. The molecule has 0 atom stereocenters. The number of aromatic hydroxyl groups is 2. The first-order chi connectivity index (χ1) is 13.7. The van der Waals surface area contributed by atoms with Gasteiger partial charge in [-0.3, -0.25) is 0 Å². The van der Waals surface area contributed by atoms with E-state index in [-0.39, 0.29) is 24.7 Å². The molecule has 2 N–H and O–H groups in total. The van der Waals surface area contributed by atoms with Gasteiger partial charge in [0, 0.05) is 25.3 Å². The van der Waals surface area contributed by atoms with Crippen LogP contribution in [0.1, 0.15) is 11.1 Å². The normalized spacial score (nSPS) is 11.4. The molecule has 142 valence electrons. The maximum absolute atomic E-state index is 10.8. The topological polar surface area (TPSA) is 58.9 Å². The van der Waals surface area contributed by atoms with Crippen LogP contribution in [0.4, 0.5) is 0 Å². The molecule has 4 rings (SSSR count). The monoisotopic (exact) mass is 374 g/mol. The molecule has 0 amide bonds. The van der Waals surface area contributed by atoms with Crippen LogP contribution < -0.4 is 0 Å². The Kier molecular flexibility index (Phi) is 4.90. The van der Waals surface area contributed by atoms with E-state index < -0.39 is 0 Å². The fourth-order valence-corrected chi connectivity index (χ4v) is 3.90. The quantitative estimate of drug-likeness (QED) is 0.493. The van der Waals surface area contributed by atoms with Crippen molar-refractivity contribution in [3.05, 3.63) is 71.8 Å². The Hall–Kier alpha value is -3.08. The number of fused-ring (bicyclic) bond motifs is 2. The van der Waals surface area contributed by atoms with Gasteiger partial charge >= 0.3 is 0 Å². The van der Waals surface area contributed by atoms with Gasteiger partial charge in [-0.25, -0.2) is 0 Å². The molecule has 0 aliphatic heterocycles. The molecule has 0 spiro atoms. The molecule has 4 nitrogen and oxygen atoms in total. The lowest BCUT2D eigenvalue weighted by atomic mass is 9.86. The second-order valence-electron chi connectivity index (χ2n) is 6.81. The summed E-state index contributed by atoms with van der Waals surface area (Å²) in [6.07, 6.45) is 0. The third-order valence-electron chi connectivity index (χ3n) is 5.09. The molecule has 0 unspecified atom stereocenters. The highest BCUT2D eigenvalue weighted by Gasteiger charge is 2.22. The van der Waals surface area contributed by atoms with Crippen molar-refractivity contribution < 1.29 is 19.7 Å². The molecule has 0 aliphatic carbocycles. The standard InChI is InChI=1S/C24H22O4/c1-27-13-19-21(25)11-15-7-3-5-9-17(15)23(19)24-18-10-6-4-8-16(18)12-22(26)20(24)14-28-2/h3-12,25-26H,13-14H2,1-2H3. The maximum Gasteiger partial charge on any atom is 0.122 e. The Morgan fingerprint density at radius 2 is 1.04 bits per heavy atom. The van der Waals surface area contributed by atoms with Gasteiger partial charge in [-0.15, -0.1) is 0 Å². The van der Waals surface area contributed by atoms with Gasteiger partial charge in [-0.2, -0.15) is 0 Å². The number of phenols is 2. The number of benzene rings is 4. The molecule has 0 radical (unpaired) electrons. The fourth-order valence-electron chi connectivity index (χ4n) is 3.90. The summed E-state index contributed by atoms with van der Waals surface area (Å²) in [6, 6.07) is 19.3. The highest BCUT2D eigenvalue weighted by Crippen LogP contribution is 2.45. The van der Waals surface area contributed by atoms with Crippen molar-refractivity contribution in [1.29, 1.82) is 0 Å². The lowest BCUT2D eigenvalue weighted by molar-refractivity contribution is 0.181. The van der Waals surface area contributed by atoms with Crippen LogP contribution in [0.3, 0.4) is 0 Å². The molecule has 0 saturated heterocycles. The lowest BCUT2D eigenvalue weighted by Crippen LogP contribution is -2.00. The van der Waals surface area contributed by atoms with Gasteiger partial charge in [-0.1, -0.05) is 48.5 Å². The number of ether oxygens (including phenoxy) is 2. The summed E-state index contributed by atoms with van der Waals surface area (Å²) in [7, 11) is 3.21. The van der Waals surface area contributed by atoms with Gasteiger partial charge in [0.2, 0.25) is 0 Å². The smallest absolute Gasteiger partial charge is 0.122 e. The highest BCUT2D eigenvalue weighted by atomic mass is 16.5. The van der Waals surface area contributed by atoms with Crippen molar-refractivity contribution in [2.24, 2.45) is 0 Å². The molecule has 0 fully saturated rings. The van der Waals surface area contributed by atoms with Crippen LogP contribution in [0, 0.1) is 0 Å². The van der Waals surface area contributed by atoms with E-state index in [1.165, 1.54) is 0 Å². The van der Waals surface area contributed by atoms with Gasteiger partial charge in [0.1, 0.15) is 11.5 Å². The van der Waals surface area contributed by atoms with Crippen molar-refractivity contribution >= 4 is 21.5 Å². The molecular formula is C24H22O4. The van der Waals surface area contributed by atoms with Gasteiger partial charge < -0.3 is 19.7 Å². The molecule has 4 heteroatoms. The molecule has 0 heterocycles. The number of hydrogen-bond donors (Lipinski definition) is 2. The van der Waals surface area contributed by atoms with Crippen LogP contribution in [0.2, 0.25) is 0 Å². The van der Waals surface area contributed by atoms with E-state index in [1.807, 2.05) is 48.5 Å². The Morgan fingerprint density at radius 3 is 1.43 bits per heavy atom. The van der Waals surface area contributed by atoms with Crippen LogP contribution in [-0.4, -0.2) is 24.4 Å². The zero-order chi connectivity index (χ0) is 19.7. The molecule has 4 aromatic rings. The second kappa shape index (κ2) is 7.50. The van der Waals surface area contributed by atoms with E-state index in [4.69, 9.17) is 9.47 Å². The summed E-state index contributed by atoms with van der Waals surface area (Å²) < 4.78 is 10.8. The van der Waals surface area contributed by atoms with Gasteiger partial charge in [0.25, 0.3) is 0 Å². The maximum atomic E-state index is 10.8. The highest BCUT2D eigenvalue weighted by molar-refractivity contribution is 6.09. The summed E-state index contributed by atoms with van der Waals surface area (Å²) in [4.78, 5) is 0. The van der Waals surface area contributed by atoms with E-state index in [0.717, 1.165) is 32.7 Å². The minimum atomic E-state index is 0.173. The van der Waals surface area contributed by atoms with Crippen molar-refractivity contribution in [3.63, 3.8) is 0 Å². The molecule has 4 aromatic carbocycles. The zero-order valence-corrected chi connectivity index (χ0v) is 15.9. The van der Waals surface area contributed by atoms with Crippen LogP contribution in [0.15, 0.2) is 60.7 Å². The largest absolute Gasteiger partial charge is 0.508 e. The first kappa shape index (κ1) is 18.3. The van der Waals surface area contributed by atoms with Crippen LogP contribution in [0.5, 0.6) is 11.5 Å². The van der Waals surface area contributed by atoms with E-state index in [1.54, 1.807) is 26.4 Å². The predicted molar refractivity (Wildman–Crippen MR) is 112 cm³/mol. The predicted octanol–water partition coefficient (Wildman–Crippen LogP) is 5.36. The van der Waals surface area contributed by atoms with Crippen LogP contribution in [0.25, 0.3) is 32.7 Å². The van der Waals surface area contributed by atoms with Crippen LogP contribution in [-0.2, 0) is 22.7 Å². The summed E-state index contributed by atoms with van der Waals surface area (Å²) in [5.41, 5.74) is 3.09. The Morgan fingerprint density at radius 1 is 0.643 bits per heavy atom. The number of hydrogen-bond acceptors (Lipinski definition) is 4. The summed E-state index contributed by atoms with van der Waals surface area (Å²) >= 11 is 0. The van der Waals surface area contributed by atoms with Crippen molar-refractivity contribution in [1.82, 2.24) is 0 Å². The summed E-state index contributed by atoms with van der Waals surface area (Å²) in [5, 5.41) is 25.4. The number of methoxy groups -OCH3 is 2. The third kappa shape index (κ3) is 2.97. The minimum absolute atomic E-state index is 0.173. The molecule has 0 saturated carbocycles. The van der Waals surface area contributed by atoms with E-state index >= 15 is 0 Å². The fraction of sp³-hybridized carbons (Fsp3) is 0.167. The summed E-state index contributed by atoms with van der Waals surface area (Å²) in [6.45, 7) is 0.505. The Bertz CT molecular complexity index is 1070. The van der Waals surface area contributed by atoms with Crippen molar-refractivity contribution in [3.8, 4) is 22.6 Å². The van der Waals surface area contributed by atoms with E-state index in [0.29, 0.717) is 11.1 Å². The molecule has 0 bridgehead atoms. The summed E-state index contributed by atoms with van der Waals surface area (Å²) in [5.74, 6) is 0.345. The van der Waals surface area contributed by atoms with Crippen molar-refractivity contribution in [2.75, 3.05) is 14.2 Å². The van der Waals surface area contributed by atoms with Gasteiger partial charge in [-0.05, 0) is 44.8 Å².